The lowest BCUT2D eigenvalue weighted by atomic mass is 10.2. The van der Waals surface area contributed by atoms with Gasteiger partial charge in [-0.05, 0) is 31.2 Å². The van der Waals surface area contributed by atoms with Gasteiger partial charge < -0.3 is 19.3 Å². The van der Waals surface area contributed by atoms with Gasteiger partial charge in [-0.1, -0.05) is 11.8 Å². The predicted molar refractivity (Wildman–Crippen MR) is 73.2 cm³/mol. The molecule has 0 aliphatic carbocycles. The molecule has 0 heterocycles. The summed E-state index contributed by atoms with van der Waals surface area (Å²) in [4.78, 5) is 0. The third kappa shape index (κ3) is 7.47. The van der Waals surface area contributed by atoms with Crippen molar-refractivity contribution in [3.8, 4) is 17.6 Å². The van der Waals surface area contributed by atoms with Crippen LogP contribution in [0.2, 0.25) is 0 Å². The van der Waals surface area contributed by atoms with Crippen molar-refractivity contribution < 1.29 is 19.3 Å². The van der Waals surface area contributed by atoms with Crippen LogP contribution < -0.4 is 4.74 Å². The lowest BCUT2D eigenvalue weighted by Gasteiger charge is -2.07. The SMILES string of the molecule is CCOCCOCCOc1ccc(C#CCO)cc1. The van der Waals surface area contributed by atoms with E-state index in [-0.39, 0.29) is 6.61 Å². The van der Waals surface area contributed by atoms with Gasteiger partial charge in [0.15, 0.2) is 0 Å². The maximum atomic E-state index is 8.58. The molecule has 0 radical (unpaired) electrons. The quantitative estimate of drug-likeness (QED) is 0.570. The number of aliphatic hydroxyl groups excluding tert-OH is 1. The first-order chi connectivity index (χ1) is 9.36. The van der Waals surface area contributed by atoms with E-state index in [9.17, 15) is 0 Å². The van der Waals surface area contributed by atoms with Gasteiger partial charge in [0.2, 0.25) is 0 Å². The second kappa shape index (κ2) is 10.4. The molecule has 1 aromatic carbocycles. The van der Waals surface area contributed by atoms with E-state index in [4.69, 9.17) is 19.3 Å². The molecule has 0 spiro atoms. The van der Waals surface area contributed by atoms with E-state index in [1.54, 1.807) is 0 Å². The molecule has 1 rings (SSSR count). The van der Waals surface area contributed by atoms with Crippen LogP contribution in [0.1, 0.15) is 12.5 Å². The Morgan fingerprint density at radius 3 is 2.37 bits per heavy atom. The van der Waals surface area contributed by atoms with Crippen LogP contribution in [-0.2, 0) is 9.47 Å². The summed E-state index contributed by atoms with van der Waals surface area (Å²) in [5.41, 5.74) is 0.856. The van der Waals surface area contributed by atoms with E-state index in [1.165, 1.54) is 0 Å². The Morgan fingerprint density at radius 2 is 1.68 bits per heavy atom. The zero-order valence-electron chi connectivity index (χ0n) is 11.2. The van der Waals surface area contributed by atoms with Crippen molar-refractivity contribution in [1.29, 1.82) is 0 Å². The van der Waals surface area contributed by atoms with E-state index >= 15 is 0 Å². The van der Waals surface area contributed by atoms with Crippen molar-refractivity contribution in [2.75, 3.05) is 39.6 Å². The smallest absolute Gasteiger partial charge is 0.119 e. The molecule has 0 aliphatic rings. The van der Waals surface area contributed by atoms with Crippen LogP contribution in [0.25, 0.3) is 0 Å². The van der Waals surface area contributed by atoms with Crippen molar-refractivity contribution in [3.05, 3.63) is 29.8 Å². The number of rotatable bonds is 8. The van der Waals surface area contributed by atoms with Gasteiger partial charge in [0.05, 0.1) is 19.8 Å². The fourth-order valence-corrected chi connectivity index (χ4v) is 1.36. The van der Waals surface area contributed by atoms with E-state index in [0.29, 0.717) is 33.0 Å². The fraction of sp³-hybridized carbons (Fsp3) is 0.467. The van der Waals surface area contributed by atoms with Crippen molar-refractivity contribution >= 4 is 0 Å². The topological polar surface area (TPSA) is 47.9 Å². The summed E-state index contributed by atoms with van der Waals surface area (Å²) in [7, 11) is 0. The summed E-state index contributed by atoms with van der Waals surface area (Å²) in [5.74, 6) is 6.20. The highest BCUT2D eigenvalue weighted by molar-refractivity contribution is 5.38. The fourth-order valence-electron chi connectivity index (χ4n) is 1.36. The standard InChI is InChI=1S/C15H20O4/c1-2-17-10-11-18-12-13-19-15-7-5-14(6-8-15)4-3-9-16/h5-8,16H,2,9-13H2,1H3. The summed E-state index contributed by atoms with van der Waals surface area (Å²) >= 11 is 0. The zero-order valence-corrected chi connectivity index (χ0v) is 11.2. The van der Waals surface area contributed by atoms with E-state index in [2.05, 4.69) is 11.8 Å². The monoisotopic (exact) mass is 264 g/mol. The first kappa shape index (κ1) is 15.5. The molecule has 0 fully saturated rings. The highest BCUT2D eigenvalue weighted by atomic mass is 16.5. The second-order valence-electron chi connectivity index (χ2n) is 3.64. The predicted octanol–water partition coefficient (Wildman–Crippen LogP) is 1.46. The molecular weight excluding hydrogens is 244 g/mol. The van der Waals surface area contributed by atoms with Gasteiger partial charge >= 0.3 is 0 Å². The number of hydrogen-bond donors (Lipinski definition) is 1. The minimum absolute atomic E-state index is 0.128. The molecule has 1 N–H and O–H groups in total. The van der Waals surface area contributed by atoms with E-state index in [1.807, 2.05) is 31.2 Å². The van der Waals surface area contributed by atoms with Gasteiger partial charge in [-0.15, -0.1) is 0 Å². The molecule has 0 bridgehead atoms. The molecular formula is C15H20O4. The van der Waals surface area contributed by atoms with E-state index in [0.717, 1.165) is 11.3 Å². The normalized spacial score (nSPS) is 9.79. The Labute approximate surface area is 114 Å². The first-order valence-electron chi connectivity index (χ1n) is 6.35. The van der Waals surface area contributed by atoms with Crippen LogP contribution in [0.4, 0.5) is 0 Å². The number of aliphatic hydroxyl groups is 1. The molecule has 0 atom stereocenters. The Morgan fingerprint density at radius 1 is 1.00 bits per heavy atom. The Bertz CT molecular complexity index is 389. The molecule has 0 amide bonds. The first-order valence-corrected chi connectivity index (χ1v) is 6.35. The minimum atomic E-state index is -0.128. The molecule has 4 nitrogen and oxygen atoms in total. The maximum Gasteiger partial charge on any atom is 0.119 e. The number of ether oxygens (including phenoxy) is 3. The van der Waals surface area contributed by atoms with Crippen molar-refractivity contribution in [1.82, 2.24) is 0 Å². The van der Waals surface area contributed by atoms with Gasteiger partial charge in [-0.25, -0.2) is 0 Å². The lowest BCUT2D eigenvalue weighted by molar-refractivity contribution is 0.0405. The zero-order chi connectivity index (χ0) is 13.8. The molecule has 0 aromatic heterocycles. The van der Waals surface area contributed by atoms with Crippen molar-refractivity contribution in [2.45, 2.75) is 6.92 Å². The molecule has 4 heteroatoms. The minimum Gasteiger partial charge on any atom is -0.491 e. The molecule has 0 saturated carbocycles. The molecule has 19 heavy (non-hydrogen) atoms. The van der Waals surface area contributed by atoms with Crippen molar-refractivity contribution in [3.63, 3.8) is 0 Å². The summed E-state index contributed by atoms with van der Waals surface area (Å²) in [6, 6.07) is 7.41. The molecule has 1 aromatic rings. The third-order valence-electron chi connectivity index (χ3n) is 2.24. The van der Waals surface area contributed by atoms with Crippen LogP contribution in [0.3, 0.4) is 0 Å². The second-order valence-corrected chi connectivity index (χ2v) is 3.64. The average Bonchev–Trinajstić information content (AvgIpc) is 2.45. The van der Waals surface area contributed by atoms with E-state index < -0.39 is 0 Å². The maximum absolute atomic E-state index is 8.58. The van der Waals surface area contributed by atoms with Crippen LogP contribution in [0.5, 0.6) is 5.75 Å². The molecule has 104 valence electrons. The van der Waals surface area contributed by atoms with Crippen LogP contribution in [0.15, 0.2) is 24.3 Å². The number of benzene rings is 1. The largest absolute Gasteiger partial charge is 0.491 e. The summed E-state index contributed by atoms with van der Waals surface area (Å²) in [6.07, 6.45) is 0. The molecule has 0 unspecified atom stereocenters. The van der Waals surface area contributed by atoms with Gasteiger partial charge in [0.1, 0.15) is 19.0 Å². The highest BCUT2D eigenvalue weighted by Gasteiger charge is 1.94. The van der Waals surface area contributed by atoms with Crippen molar-refractivity contribution in [2.24, 2.45) is 0 Å². The van der Waals surface area contributed by atoms with Crippen LogP contribution >= 0.6 is 0 Å². The van der Waals surface area contributed by atoms with Crippen LogP contribution in [0, 0.1) is 11.8 Å². The number of hydrogen-bond acceptors (Lipinski definition) is 4. The lowest BCUT2D eigenvalue weighted by Crippen LogP contribution is -2.10. The van der Waals surface area contributed by atoms with Gasteiger partial charge in [-0.3, -0.25) is 0 Å². The van der Waals surface area contributed by atoms with Gasteiger partial charge in [-0.2, -0.15) is 0 Å². The Kier molecular flexibility index (Phi) is 8.48. The molecule has 0 aliphatic heterocycles. The summed E-state index contributed by atoms with van der Waals surface area (Å²) < 4.78 is 16.0. The average molecular weight is 264 g/mol. The van der Waals surface area contributed by atoms with Gasteiger partial charge in [0.25, 0.3) is 0 Å². The summed E-state index contributed by atoms with van der Waals surface area (Å²) in [6.45, 7) is 4.80. The highest BCUT2D eigenvalue weighted by Crippen LogP contribution is 2.11. The Balaban J connectivity index is 2.16. The van der Waals surface area contributed by atoms with Crippen LogP contribution in [-0.4, -0.2) is 44.7 Å². The summed E-state index contributed by atoms with van der Waals surface area (Å²) in [5, 5.41) is 8.58. The third-order valence-corrected chi connectivity index (χ3v) is 2.24. The molecule has 0 saturated heterocycles. The Hall–Kier alpha value is -1.54. The van der Waals surface area contributed by atoms with Gasteiger partial charge in [0, 0.05) is 12.2 Å².